The smallest absolute Gasteiger partial charge is 0.123 e. The Bertz CT molecular complexity index is 565. The number of halogens is 1. The van der Waals surface area contributed by atoms with E-state index in [4.69, 9.17) is 0 Å². The molecule has 1 aromatic heterocycles. The molecule has 3 rings (SSSR count). The summed E-state index contributed by atoms with van der Waals surface area (Å²) in [4.78, 5) is 4.48. The van der Waals surface area contributed by atoms with Crippen molar-refractivity contribution in [1.29, 1.82) is 0 Å². The normalized spacial score (nSPS) is 19.2. The molecule has 1 aliphatic carbocycles. The van der Waals surface area contributed by atoms with Crippen LogP contribution in [0.4, 0.5) is 4.39 Å². The fraction of sp³-hybridized carbons (Fsp3) is 0.312. The zero-order valence-electron chi connectivity index (χ0n) is 10.9. The van der Waals surface area contributed by atoms with Crippen LogP contribution in [-0.2, 0) is 6.42 Å². The average molecular weight is 256 g/mol. The SMILES string of the molecule is C[C@H](NC1CCc2cccnc21)c1ccc(F)cc1. The Morgan fingerprint density at radius 2 is 2.05 bits per heavy atom. The number of pyridine rings is 1. The van der Waals surface area contributed by atoms with E-state index >= 15 is 0 Å². The molecule has 3 heteroatoms. The lowest BCUT2D eigenvalue weighted by Gasteiger charge is -2.20. The maximum atomic E-state index is 12.9. The van der Waals surface area contributed by atoms with Crippen molar-refractivity contribution in [1.82, 2.24) is 10.3 Å². The first kappa shape index (κ1) is 12.3. The molecule has 19 heavy (non-hydrogen) atoms. The molecule has 1 unspecified atom stereocenters. The molecule has 2 aromatic rings. The number of nitrogens with zero attached hydrogens (tertiary/aromatic N) is 1. The molecule has 0 saturated heterocycles. The third kappa shape index (κ3) is 2.51. The second kappa shape index (κ2) is 5.10. The van der Waals surface area contributed by atoms with Gasteiger partial charge >= 0.3 is 0 Å². The van der Waals surface area contributed by atoms with Gasteiger partial charge in [0.1, 0.15) is 5.82 Å². The molecule has 0 spiro atoms. The van der Waals surface area contributed by atoms with Crippen molar-refractivity contribution in [3.8, 4) is 0 Å². The molecule has 1 aliphatic rings. The van der Waals surface area contributed by atoms with Gasteiger partial charge in [-0.1, -0.05) is 18.2 Å². The highest BCUT2D eigenvalue weighted by atomic mass is 19.1. The predicted octanol–water partition coefficient (Wildman–Crippen LogP) is 3.56. The van der Waals surface area contributed by atoms with E-state index in [0.717, 1.165) is 24.1 Å². The van der Waals surface area contributed by atoms with Gasteiger partial charge in [-0.05, 0) is 49.1 Å². The highest BCUT2D eigenvalue weighted by molar-refractivity contribution is 5.29. The molecule has 0 radical (unpaired) electrons. The summed E-state index contributed by atoms with van der Waals surface area (Å²) in [5.41, 5.74) is 3.61. The van der Waals surface area contributed by atoms with E-state index < -0.39 is 0 Å². The molecule has 0 aliphatic heterocycles. The van der Waals surface area contributed by atoms with Crippen molar-refractivity contribution < 1.29 is 4.39 Å². The van der Waals surface area contributed by atoms with Crippen LogP contribution >= 0.6 is 0 Å². The first-order valence-corrected chi connectivity index (χ1v) is 6.69. The van der Waals surface area contributed by atoms with Crippen LogP contribution in [-0.4, -0.2) is 4.98 Å². The van der Waals surface area contributed by atoms with E-state index in [1.165, 1.54) is 17.7 Å². The van der Waals surface area contributed by atoms with Crippen molar-refractivity contribution in [2.24, 2.45) is 0 Å². The predicted molar refractivity (Wildman–Crippen MR) is 73.2 cm³/mol. The van der Waals surface area contributed by atoms with Crippen LogP contribution in [0.15, 0.2) is 42.6 Å². The molecular formula is C16H17FN2. The van der Waals surface area contributed by atoms with Gasteiger partial charge in [-0.25, -0.2) is 4.39 Å². The Balaban J connectivity index is 1.74. The molecule has 0 saturated carbocycles. The van der Waals surface area contributed by atoms with E-state index in [0.29, 0.717) is 6.04 Å². The standard InChI is InChI=1S/C16H17FN2/c1-11(12-4-7-14(17)8-5-12)19-15-9-6-13-3-2-10-18-16(13)15/h2-5,7-8,10-11,15,19H,6,9H2,1H3/t11-,15?/m0/s1. The molecule has 2 nitrogen and oxygen atoms in total. The molecule has 2 atom stereocenters. The molecular weight excluding hydrogens is 239 g/mol. The van der Waals surface area contributed by atoms with E-state index in [1.807, 2.05) is 24.4 Å². The van der Waals surface area contributed by atoms with E-state index in [2.05, 4.69) is 23.3 Å². The monoisotopic (exact) mass is 256 g/mol. The number of hydrogen-bond acceptors (Lipinski definition) is 2. The summed E-state index contributed by atoms with van der Waals surface area (Å²) in [5, 5.41) is 3.59. The van der Waals surface area contributed by atoms with Gasteiger partial charge in [-0.15, -0.1) is 0 Å². The maximum Gasteiger partial charge on any atom is 0.123 e. The van der Waals surface area contributed by atoms with Crippen LogP contribution in [0, 0.1) is 5.82 Å². The highest BCUT2D eigenvalue weighted by Crippen LogP contribution is 2.31. The summed E-state index contributed by atoms with van der Waals surface area (Å²) in [6, 6.07) is 11.3. The van der Waals surface area contributed by atoms with E-state index in [9.17, 15) is 4.39 Å². The summed E-state index contributed by atoms with van der Waals surface area (Å²) in [6.45, 7) is 2.11. The number of aryl methyl sites for hydroxylation is 1. The number of fused-ring (bicyclic) bond motifs is 1. The number of nitrogens with one attached hydrogen (secondary N) is 1. The van der Waals surface area contributed by atoms with Gasteiger partial charge in [-0.3, -0.25) is 4.98 Å². The zero-order valence-corrected chi connectivity index (χ0v) is 10.9. The van der Waals surface area contributed by atoms with Crippen molar-refractivity contribution in [2.45, 2.75) is 31.8 Å². The third-order valence-electron chi connectivity index (χ3n) is 3.78. The average Bonchev–Trinajstić information content (AvgIpc) is 2.83. The molecule has 0 bridgehead atoms. The summed E-state index contributed by atoms with van der Waals surface area (Å²) < 4.78 is 12.9. The van der Waals surface area contributed by atoms with Crippen molar-refractivity contribution in [3.05, 3.63) is 65.2 Å². The lowest BCUT2D eigenvalue weighted by Crippen LogP contribution is -2.23. The van der Waals surface area contributed by atoms with Crippen LogP contribution in [0.3, 0.4) is 0 Å². The van der Waals surface area contributed by atoms with Gasteiger partial charge in [-0.2, -0.15) is 0 Å². The zero-order chi connectivity index (χ0) is 13.2. The van der Waals surface area contributed by atoms with Crippen molar-refractivity contribution in [3.63, 3.8) is 0 Å². The minimum absolute atomic E-state index is 0.191. The van der Waals surface area contributed by atoms with Crippen molar-refractivity contribution in [2.75, 3.05) is 0 Å². The Morgan fingerprint density at radius 3 is 2.84 bits per heavy atom. The number of aromatic nitrogens is 1. The fourth-order valence-corrected chi connectivity index (χ4v) is 2.72. The quantitative estimate of drug-likeness (QED) is 0.908. The van der Waals surface area contributed by atoms with E-state index in [1.54, 1.807) is 0 Å². The van der Waals surface area contributed by atoms with Gasteiger partial charge in [0.25, 0.3) is 0 Å². The largest absolute Gasteiger partial charge is 0.302 e. The summed E-state index contributed by atoms with van der Waals surface area (Å²) >= 11 is 0. The van der Waals surface area contributed by atoms with Gasteiger partial charge in [0.15, 0.2) is 0 Å². The first-order chi connectivity index (χ1) is 9.24. The molecule has 1 N–H and O–H groups in total. The second-order valence-electron chi connectivity index (χ2n) is 5.08. The van der Waals surface area contributed by atoms with Gasteiger partial charge < -0.3 is 5.32 Å². The number of rotatable bonds is 3. The first-order valence-electron chi connectivity index (χ1n) is 6.69. The van der Waals surface area contributed by atoms with Gasteiger partial charge in [0.05, 0.1) is 11.7 Å². The van der Waals surface area contributed by atoms with Crippen LogP contribution in [0.1, 0.15) is 42.2 Å². The Kier molecular flexibility index (Phi) is 3.30. The van der Waals surface area contributed by atoms with Crippen LogP contribution in [0.25, 0.3) is 0 Å². The maximum absolute atomic E-state index is 12.9. The Labute approximate surface area is 112 Å². The van der Waals surface area contributed by atoms with Crippen LogP contribution in [0.5, 0.6) is 0 Å². The summed E-state index contributed by atoms with van der Waals surface area (Å²) in [5.74, 6) is -0.191. The van der Waals surface area contributed by atoms with Crippen LogP contribution < -0.4 is 5.32 Å². The Morgan fingerprint density at radius 1 is 1.26 bits per heavy atom. The molecule has 0 amide bonds. The highest BCUT2D eigenvalue weighted by Gasteiger charge is 2.24. The third-order valence-corrected chi connectivity index (χ3v) is 3.78. The second-order valence-corrected chi connectivity index (χ2v) is 5.08. The summed E-state index contributed by atoms with van der Waals surface area (Å²) in [6.07, 6.45) is 4.01. The minimum atomic E-state index is -0.191. The minimum Gasteiger partial charge on any atom is -0.302 e. The Hall–Kier alpha value is -1.74. The number of hydrogen-bond donors (Lipinski definition) is 1. The topological polar surface area (TPSA) is 24.9 Å². The fourth-order valence-electron chi connectivity index (χ4n) is 2.72. The molecule has 98 valence electrons. The van der Waals surface area contributed by atoms with Crippen molar-refractivity contribution >= 4 is 0 Å². The molecule has 1 heterocycles. The molecule has 0 fully saturated rings. The lowest BCUT2D eigenvalue weighted by atomic mass is 10.1. The van der Waals surface area contributed by atoms with E-state index in [-0.39, 0.29) is 11.9 Å². The molecule has 1 aromatic carbocycles. The van der Waals surface area contributed by atoms with Crippen LogP contribution in [0.2, 0.25) is 0 Å². The summed E-state index contributed by atoms with van der Waals surface area (Å²) in [7, 11) is 0. The van der Waals surface area contributed by atoms with Gasteiger partial charge in [0, 0.05) is 12.2 Å². The van der Waals surface area contributed by atoms with Gasteiger partial charge in [0.2, 0.25) is 0 Å². The lowest BCUT2D eigenvalue weighted by molar-refractivity contribution is 0.458. The number of benzene rings is 1.